The Kier molecular flexibility index (Phi) is 3.30. The molecule has 10 heavy (non-hydrogen) atoms. The van der Waals surface area contributed by atoms with Crippen molar-refractivity contribution >= 4 is 0 Å². The molecule has 0 unspecified atom stereocenters. The predicted molar refractivity (Wildman–Crippen MR) is 41.8 cm³/mol. The summed E-state index contributed by atoms with van der Waals surface area (Å²) in [6.07, 6.45) is 5.48. The van der Waals surface area contributed by atoms with Gasteiger partial charge in [-0.2, -0.15) is 0 Å². The molecule has 0 amide bonds. The lowest BCUT2D eigenvalue weighted by Crippen LogP contribution is -2.31. The van der Waals surface area contributed by atoms with Gasteiger partial charge in [-0.25, -0.2) is 0 Å². The minimum atomic E-state index is 0.883. The Balaban J connectivity index is 2.19. The van der Waals surface area contributed by atoms with E-state index in [1.165, 1.54) is 0 Å². The molecule has 1 aliphatic rings. The molecule has 1 rings (SSSR count). The normalized spacial score (nSPS) is 20.3. The zero-order chi connectivity index (χ0) is 7.23. The second-order valence-electron chi connectivity index (χ2n) is 2.44. The lowest BCUT2D eigenvalue weighted by atomic mass is 10.4. The van der Waals surface area contributed by atoms with Crippen LogP contribution >= 0.6 is 0 Å². The highest BCUT2D eigenvalue weighted by molar-refractivity contribution is 4.82. The summed E-state index contributed by atoms with van der Waals surface area (Å²) in [6, 6.07) is 0. The van der Waals surface area contributed by atoms with Gasteiger partial charge in [-0.05, 0) is 12.6 Å². The van der Waals surface area contributed by atoms with Crippen LogP contribution in [0, 0.1) is 0 Å². The molecule has 0 spiro atoms. The quantitative estimate of drug-likeness (QED) is 0.573. The third-order valence-electron chi connectivity index (χ3n) is 1.60. The van der Waals surface area contributed by atoms with Crippen molar-refractivity contribution in [3.63, 3.8) is 0 Å². The summed E-state index contributed by atoms with van der Waals surface area (Å²) in [5.74, 6) is 0. The first-order valence-corrected chi connectivity index (χ1v) is 3.92. The molecule has 0 N–H and O–H groups in total. The van der Waals surface area contributed by atoms with Crippen molar-refractivity contribution in [1.82, 2.24) is 4.90 Å². The van der Waals surface area contributed by atoms with Crippen LogP contribution in [0.5, 0.6) is 0 Å². The summed E-state index contributed by atoms with van der Waals surface area (Å²) < 4.78 is 5.20. The van der Waals surface area contributed by atoms with Crippen LogP contribution in [0.1, 0.15) is 13.3 Å². The van der Waals surface area contributed by atoms with Gasteiger partial charge in [0, 0.05) is 13.1 Å². The maximum absolute atomic E-state index is 5.20. The van der Waals surface area contributed by atoms with Crippen molar-refractivity contribution in [2.75, 3.05) is 26.3 Å². The first-order valence-electron chi connectivity index (χ1n) is 3.92. The summed E-state index contributed by atoms with van der Waals surface area (Å²) in [7, 11) is 0. The van der Waals surface area contributed by atoms with Crippen LogP contribution < -0.4 is 0 Å². The summed E-state index contributed by atoms with van der Waals surface area (Å²) in [5.41, 5.74) is 0. The highest BCUT2D eigenvalue weighted by Crippen LogP contribution is 1.97. The summed E-state index contributed by atoms with van der Waals surface area (Å²) in [6.45, 7) is 6.02. The van der Waals surface area contributed by atoms with Gasteiger partial charge in [-0.3, -0.25) is 0 Å². The maximum Gasteiger partial charge on any atom is 0.0642 e. The maximum atomic E-state index is 5.20. The van der Waals surface area contributed by atoms with Crippen molar-refractivity contribution in [2.45, 2.75) is 13.3 Å². The number of morpholine rings is 1. The fourth-order valence-electron chi connectivity index (χ4n) is 0.981. The molecular formula is C8H15NO. The van der Waals surface area contributed by atoms with Gasteiger partial charge in [0.2, 0.25) is 0 Å². The molecule has 0 saturated carbocycles. The molecule has 1 fully saturated rings. The molecule has 0 aliphatic carbocycles. The molecule has 2 nitrogen and oxygen atoms in total. The van der Waals surface area contributed by atoms with Crippen LogP contribution in [0.3, 0.4) is 0 Å². The van der Waals surface area contributed by atoms with E-state index in [4.69, 9.17) is 4.74 Å². The summed E-state index contributed by atoms with van der Waals surface area (Å²) in [5, 5.41) is 0. The molecule has 1 saturated heterocycles. The average molecular weight is 141 g/mol. The first-order chi connectivity index (χ1) is 4.93. The van der Waals surface area contributed by atoms with Crippen molar-refractivity contribution in [3.8, 4) is 0 Å². The largest absolute Gasteiger partial charge is 0.378 e. The van der Waals surface area contributed by atoms with Gasteiger partial charge < -0.3 is 9.64 Å². The monoisotopic (exact) mass is 141 g/mol. The van der Waals surface area contributed by atoms with E-state index in [1.807, 2.05) is 0 Å². The second kappa shape index (κ2) is 4.34. The topological polar surface area (TPSA) is 12.5 Å². The van der Waals surface area contributed by atoms with Gasteiger partial charge in [-0.15, -0.1) is 0 Å². The minimum absolute atomic E-state index is 0.883. The van der Waals surface area contributed by atoms with Gasteiger partial charge in [-0.1, -0.05) is 13.0 Å². The number of rotatable bonds is 2. The minimum Gasteiger partial charge on any atom is -0.378 e. The van der Waals surface area contributed by atoms with E-state index in [0.29, 0.717) is 0 Å². The van der Waals surface area contributed by atoms with Gasteiger partial charge >= 0.3 is 0 Å². The molecule has 0 bridgehead atoms. The Morgan fingerprint density at radius 2 is 2.10 bits per heavy atom. The summed E-state index contributed by atoms with van der Waals surface area (Å²) >= 11 is 0. The van der Waals surface area contributed by atoms with E-state index < -0.39 is 0 Å². The number of hydrogen-bond donors (Lipinski definition) is 0. The highest BCUT2D eigenvalue weighted by atomic mass is 16.5. The lowest BCUT2D eigenvalue weighted by Gasteiger charge is -2.24. The Bertz CT molecular complexity index is 106. The van der Waals surface area contributed by atoms with Crippen LogP contribution in [-0.2, 0) is 4.74 Å². The van der Waals surface area contributed by atoms with Crippen molar-refractivity contribution < 1.29 is 4.74 Å². The number of nitrogens with zero attached hydrogens (tertiary/aromatic N) is 1. The van der Waals surface area contributed by atoms with Crippen LogP contribution in [0.25, 0.3) is 0 Å². The molecular weight excluding hydrogens is 126 g/mol. The number of hydrogen-bond acceptors (Lipinski definition) is 2. The van der Waals surface area contributed by atoms with Gasteiger partial charge in [0.1, 0.15) is 0 Å². The molecule has 0 aromatic carbocycles. The Hall–Kier alpha value is -0.500. The molecule has 0 aromatic rings. The number of allylic oxidation sites excluding steroid dienone is 1. The smallest absolute Gasteiger partial charge is 0.0642 e. The molecule has 0 radical (unpaired) electrons. The standard InChI is InChI=1S/C8H15NO/c1-2-3-4-9-5-7-10-8-6-9/h3-4H,2,5-8H2,1H3/b4-3+. The van der Waals surface area contributed by atoms with Crippen molar-refractivity contribution in [3.05, 3.63) is 12.3 Å². The second-order valence-corrected chi connectivity index (χ2v) is 2.44. The van der Waals surface area contributed by atoms with Gasteiger partial charge in [0.15, 0.2) is 0 Å². The molecule has 0 atom stereocenters. The van der Waals surface area contributed by atoms with Crippen LogP contribution in [0.4, 0.5) is 0 Å². The van der Waals surface area contributed by atoms with Gasteiger partial charge in [0.25, 0.3) is 0 Å². The average Bonchev–Trinajstić information content (AvgIpc) is 2.03. The van der Waals surface area contributed by atoms with Crippen molar-refractivity contribution in [1.29, 1.82) is 0 Å². The van der Waals surface area contributed by atoms with E-state index in [9.17, 15) is 0 Å². The third kappa shape index (κ3) is 2.40. The third-order valence-corrected chi connectivity index (χ3v) is 1.60. The van der Waals surface area contributed by atoms with E-state index in [2.05, 4.69) is 24.1 Å². The van der Waals surface area contributed by atoms with Crippen LogP contribution in [0.2, 0.25) is 0 Å². The van der Waals surface area contributed by atoms with Crippen LogP contribution in [0.15, 0.2) is 12.3 Å². The zero-order valence-electron chi connectivity index (χ0n) is 6.55. The molecule has 1 aliphatic heterocycles. The predicted octanol–water partition coefficient (Wildman–Crippen LogP) is 1.24. The molecule has 0 aromatic heterocycles. The van der Waals surface area contributed by atoms with E-state index in [0.717, 1.165) is 32.7 Å². The van der Waals surface area contributed by atoms with E-state index in [1.54, 1.807) is 0 Å². The Morgan fingerprint density at radius 3 is 2.70 bits per heavy atom. The van der Waals surface area contributed by atoms with Crippen molar-refractivity contribution in [2.24, 2.45) is 0 Å². The first kappa shape index (κ1) is 7.61. The van der Waals surface area contributed by atoms with Gasteiger partial charge in [0.05, 0.1) is 13.2 Å². The molecule has 1 heterocycles. The lowest BCUT2D eigenvalue weighted by molar-refractivity contribution is 0.0593. The molecule has 58 valence electrons. The SMILES string of the molecule is CC/C=C/N1CCOCC1. The van der Waals surface area contributed by atoms with E-state index in [-0.39, 0.29) is 0 Å². The molecule has 2 heteroatoms. The Morgan fingerprint density at radius 1 is 1.40 bits per heavy atom. The number of ether oxygens (including phenoxy) is 1. The van der Waals surface area contributed by atoms with Crippen LogP contribution in [-0.4, -0.2) is 31.2 Å². The zero-order valence-corrected chi connectivity index (χ0v) is 6.55. The highest BCUT2D eigenvalue weighted by Gasteiger charge is 2.03. The Labute approximate surface area is 62.5 Å². The fraction of sp³-hybridized carbons (Fsp3) is 0.750. The summed E-state index contributed by atoms with van der Waals surface area (Å²) in [4.78, 5) is 2.30. The fourth-order valence-corrected chi connectivity index (χ4v) is 0.981. The van der Waals surface area contributed by atoms with E-state index >= 15 is 0 Å².